The molecule has 2 unspecified atom stereocenters. The van der Waals surface area contributed by atoms with Crippen LogP contribution in [-0.2, 0) is 14.3 Å². The van der Waals surface area contributed by atoms with Crippen LogP contribution in [0.4, 0.5) is 0 Å². The number of aliphatic hydroxyl groups excluding tert-OH is 3. The zero-order valence-electron chi connectivity index (χ0n) is 21.5. The van der Waals surface area contributed by atoms with E-state index in [1.54, 1.807) is 13.8 Å². The standard InChI is InChI=1S/C26H28O14/c1-9(2)25(35)37-8-15-17(29)20(32)22(34)26(40-15)39-14-7-13-16(19(31)24(14)36-3)18(30)21(33)23(38-13)10-4-5-11(27)12(28)6-10/h4-7,9,15,17,20,22,26-29,31-34H,8H2,1-3H3/t15?,17-,20+,22?,26-/m1/s1. The number of fused-ring (bicyclic) bond motifs is 1. The Hall–Kier alpha value is -4.24. The van der Waals surface area contributed by atoms with Crippen molar-refractivity contribution >= 4 is 16.9 Å². The molecule has 0 amide bonds. The van der Waals surface area contributed by atoms with Crippen LogP contribution >= 0.6 is 0 Å². The Morgan fingerprint density at radius 3 is 2.30 bits per heavy atom. The first kappa shape index (κ1) is 28.8. The molecule has 1 aromatic heterocycles. The monoisotopic (exact) mass is 564 g/mol. The van der Waals surface area contributed by atoms with E-state index < -0.39 is 94.5 Å². The number of aromatic hydroxyl groups is 4. The molecular weight excluding hydrogens is 536 g/mol. The van der Waals surface area contributed by atoms with Gasteiger partial charge in [-0.1, -0.05) is 13.8 Å². The quantitative estimate of drug-likeness (QED) is 0.155. The lowest BCUT2D eigenvalue weighted by Crippen LogP contribution is -2.60. The maximum atomic E-state index is 13.0. The summed E-state index contributed by atoms with van der Waals surface area (Å²) >= 11 is 0. The molecule has 1 fully saturated rings. The zero-order valence-corrected chi connectivity index (χ0v) is 21.5. The molecule has 1 aliphatic heterocycles. The summed E-state index contributed by atoms with van der Waals surface area (Å²) in [5, 5.41) is 71.4. The molecule has 1 aliphatic rings. The average molecular weight is 564 g/mol. The summed E-state index contributed by atoms with van der Waals surface area (Å²) in [6.45, 7) is 2.72. The summed E-state index contributed by atoms with van der Waals surface area (Å²) in [4.78, 5) is 24.8. The smallest absolute Gasteiger partial charge is 0.308 e. The maximum absolute atomic E-state index is 13.0. The lowest BCUT2D eigenvalue weighted by Gasteiger charge is -2.40. The van der Waals surface area contributed by atoms with E-state index in [0.717, 1.165) is 25.3 Å². The van der Waals surface area contributed by atoms with Gasteiger partial charge >= 0.3 is 5.97 Å². The van der Waals surface area contributed by atoms with Crippen LogP contribution in [0.5, 0.6) is 34.5 Å². The van der Waals surface area contributed by atoms with Crippen LogP contribution in [0, 0.1) is 5.92 Å². The SMILES string of the molecule is COc1c(O[C@@H]2OC(COC(=O)C(C)C)[C@@H](O)[C@H](O)C2O)cc2oc(-c3ccc(O)c(O)c3)c(O)c(=O)c2c1O. The number of esters is 1. The van der Waals surface area contributed by atoms with Gasteiger partial charge in [0.1, 0.15) is 42.0 Å². The first-order valence-electron chi connectivity index (χ1n) is 12.0. The van der Waals surface area contributed by atoms with Gasteiger partial charge < -0.3 is 59.1 Å². The third kappa shape index (κ3) is 5.16. The van der Waals surface area contributed by atoms with Crippen molar-refractivity contribution in [1.29, 1.82) is 0 Å². The Kier molecular flexibility index (Phi) is 7.98. The Morgan fingerprint density at radius 2 is 1.68 bits per heavy atom. The van der Waals surface area contributed by atoms with Crippen molar-refractivity contribution in [3.63, 3.8) is 0 Å². The number of ether oxygens (including phenoxy) is 4. The number of hydrogen-bond donors (Lipinski definition) is 7. The highest BCUT2D eigenvalue weighted by molar-refractivity contribution is 5.91. The predicted octanol–water partition coefficient (Wildman–Crippen LogP) is 0.677. The molecule has 2 heterocycles. The van der Waals surface area contributed by atoms with Crippen LogP contribution < -0.4 is 14.9 Å². The minimum atomic E-state index is -1.82. The van der Waals surface area contributed by atoms with Crippen LogP contribution in [-0.4, -0.2) is 86.1 Å². The molecule has 3 aromatic rings. The van der Waals surface area contributed by atoms with Crippen LogP contribution in [0.25, 0.3) is 22.3 Å². The first-order valence-corrected chi connectivity index (χ1v) is 12.0. The highest BCUT2D eigenvalue weighted by Crippen LogP contribution is 2.45. The van der Waals surface area contributed by atoms with E-state index >= 15 is 0 Å². The molecule has 0 radical (unpaired) electrons. The van der Waals surface area contributed by atoms with Crippen molar-refractivity contribution in [2.24, 2.45) is 5.92 Å². The van der Waals surface area contributed by atoms with Crippen molar-refractivity contribution in [2.75, 3.05) is 13.7 Å². The molecule has 14 heteroatoms. The molecule has 0 spiro atoms. The van der Waals surface area contributed by atoms with Crippen molar-refractivity contribution in [1.82, 2.24) is 0 Å². The Morgan fingerprint density at radius 1 is 0.975 bits per heavy atom. The largest absolute Gasteiger partial charge is 0.504 e. The minimum Gasteiger partial charge on any atom is -0.504 e. The summed E-state index contributed by atoms with van der Waals surface area (Å²) in [5.74, 6) is -4.97. The number of carbonyl (C=O) groups is 1. The molecule has 0 bridgehead atoms. The van der Waals surface area contributed by atoms with Crippen LogP contribution in [0.1, 0.15) is 13.8 Å². The van der Waals surface area contributed by atoms with Crippen LogP contribution in [0.15, 0.2) is 33.5 Å². The van der Waals surface area contributed by atoms with E-state index in [0.29, 0.717) is 0 Å². The molecule has 0 saturated carbocycles. The lowest BCUT2D eigenvalue weighted by atomic mass is 9.99. The number of benzene rings is 2. The van der Waals surface area contributed by atoms with Crippen LogP contribution in [0.2, 0.25) is 0 Å². The normalized spacial score (nSPS) is 22.8. The Labute approximate surface area is 225 Å². The van der Waals surface area contributed by atoms with Crippen LogP contribution in [0.3, 0.4) is 0 Å². The number of methoxy groups -OCH3 is 1. The average Bonchev–Trinajstić information content (AvgIpc) is 2.91. The van der Waals surface area contributed by atoms with E-state index in [2.05, 4.69) is 0 Å². The molecular formula is C26H28O14. The highest BCUT2D eigenvalue weighted by Gasteiger charge is 2.46. The van der Waals surface area contributed by atoms with Crippen molar-refractivity contribution in [2.45, 2.75) is 44.6 Å². The van der Waals surface area contributed by atoms with Crippen molar-refractivity contribution < 1.29 is 63.9 Å². The highest BCUT2D eigenvalue weighted by atomic mass is 16.7. The van der Waals surface area contributed by atoms with Gasteiger partial charge in [0.25, 0.3) is 0 Å². The third-order valence-corrected chi connectivity index (χ3v) is 6.27. The second kappa shape index (κ2) is 11.1. The molecule has 2 aromatic carbocycles. The van der Waals surface area contributed by atoms with Gasteiger partial charge in [0, 0.05) is 11.6 Å². The molecule has 4 rings (SSSR count). The molecule has 216 valence electrons. The summed E-state index contributed by atoms with van der Waals surface area (Å²) in [6, 6.07) is 4.47. The van der Waals surface area contributed by atoms with Gasteiger partial charge in [-0.25, -0.2) is 0 Å². The van der Waals surface area contributed by atoms with E-state index in [9.17, 15) is 45.3 Å². The van der Waals surface area contributed by atoms with E-state index in [4.69, 9.17) is 23.4 Å². The second-order valence-corrected chi connectivity index (χ2v) is 9.36. The fourth-order valence-electron chi connectivity index (χ4n) is 4.04. The van der Waals surface area contributed by atoms with Gasteiger partial charge in [-0.15, -0.1) is 0 Å². The third-order valence-electron chi connectivity index (χ3n) is 6.27. The van der Waals surface area contributed by atoms with E-state index in [1.807, 2.05) is 0 Å². The minimum absolute atomic E-state index is 0.00603. The molecule has 1 saturated heterocycles. The van der Waals surface area contributed by atoms with Gasteiger partial charge in [-0.05, 0) is 18.2 Å². The van der Waals surface area contributed by atoms with E-state index in [1.165, 1.54) is 6.07 Å². The number of phenolic OH excluding ortho intramolecular Hbond substituents is 3. The molecule has 40 heavy (non-hydrogen) atoms. The topological polar surface area (TPSA) is 226 Å². The van der Waals surface area contributed by atoms with E-state index in [-0.39, 0.29) is 16.9 Å². The zero-order chi connectivity index (χ0) is 29.5. The van der Waals surface area contributed by atoms with Gasteiger partial charge in [-0.3, -0.25) is 9.59 Å². The second-order valence-electron chi connectivity index (χ2n) is 9.36. The molecule has 7 N–H and O–H groups in total. The fourth-order valence-corrected chi connectivity index (χ4v) is 4.04. The maximum Gasteiger partial charge on any atom is 0.308 e. The van der Waals surface area contributed by atoms with Gasteiger partial charge in [-0.2, -0.15) is 0 Å². The number of phenols is 3. The summed E-state index contributed by atoms with van der Waals surface area (Å²) in [7, 11) is 1.13. The summed E-state index contributed by atoms with van der Waals surface area (Å²) < 4.78 is 27.1. The van der Waals surface area contributed by atoms with Gasteiger partial charge in [0.15, 0.2) is 28.8 Å². The lowest BCUT2D eigenvalue weighted by molar-refractivity contribution is -0.278. The number of aliphatic hydroxyl groups is 3. The summed E-state index contributed by atoms with van der Waals surface area (Å²) in [5.41, 5.74) is -1.39. The Bertz CT molecular complexity index is 1480. The van der Waals surface area contributed by atoms with Gasteiger partial charge in [0.2, 0.25) is 23.2 Å². The number of rotatable bonds is 7. The number of hydrogen-bond acceptors (Lipinski definition) is 14. The summed E-state index contributed by atoms with van der Waals surface area (Å²) in [6.07, 6.45) is -8.26. The molecule has 14 nitrogen and oxygen atoms in total. The van der Waals surface area contributed by atoms with Crippen molar-refractivity contribution in [3.05, 3.63) is 34.5 Å². The Balaban J connectivity index is 1.74. The predicted molar refractivity (Wildman–Crippen MR) is 134 cm³/mol. The fraction of sp³-hybridized carbons (Fsp3) is 0.385. The van der Waals surface area contributed by atoms with Crippen molar-refractivity contribution in [3.8, 4) is 45.8 Å². The first-order chi connectivity index (χ1) is 18.8. The molecule has 5 atom stereocenters. The molecule has 0 aliphatic carbocycles. The number of carbonyl (C=O) groups excluding carboxylic acids is 1. The van der Waals surface area contributed by atoms with Gasteiger partial charge in [0.05, 0.1) is 13.0 Å².